The molecule has 10 heteroatoms. The number of nitrogens with one attached hydrogen (secondary N) is 1. The third kappa shape index (κ3) is 7.33. The Morgan fingerprint density at radius 1 is 0.974 bits per heavy atom. The fourth-order valence-electron chi connectivity index (χ4n) is 3.78. The second-order valence-electron chi connectivity index (χ2n) is 8.73. The maximum atomic E-state index is 13.8. The van der Waals surface area contributed by atoms with Crippen molar-refractivity contribution >= 4 is 39.1 Å². The van der Waals surface area contributed by atoms with Gasteiger partial charge in [0.2, 0.25) is 11.8 Å². The molecule has 0 unspecified atom stereocenters. The lowest BCUT2D eigenvalue weighted by atomic mass is 10.1. The number of hydrogen-bond donors (Lipinski definition) is 1. The number of carbonyl (C=O) groups is 2. The van der Waals surface area contributed by atoms with Crippen LogP contribution in [0.25, 0.3) is 0 Å². The maximum absolute atomic E-state index is 13.8. The number of anilines is 1. The van der Waals surface area contributed by atoms with Gasteiger partial charge in [-0.3, -0.25) is 13.9 Å². The summed E-state index contributed by atoms with van der Waals surface area (Å²) in [5.74, 6) is -1.53. The smallest absolute Gasteiger partial charge is 0.264 e. The van der Waals surface area contributed by atoms with E-state index in [1.54, 1.807) is 49.4 Å². The fraction of sp³-hybridized carbons (Fsp3) is 0.286. The van der Waals surface area contributed by atoms with Crippen LogP contribution in [0, 0.1) is 5.82 Å². The third-order valence-corrected chi connectivity index (χ3v) is 8.18. The van der Waals surface area contributed by atoms with Crippen LogP contribution in [0.3, 0.4) is 0 Å². The SMILES string of the molecule is CCCCNC(=O)[C@@H](C)N(Cc1ccccc1Cl)C(=O)CN(c1ccc(F)cc1)S(=O)(=O)c1ccccc1. The molecule has 0 spiro atoms. The predicted molar refractivity (Wildman–Crippen MR) is 147 cm³/mol. The summed E-state index contributed by atoms with van der Waals surface area (Å²) in [7, 11) is -4.20. The van der Waals surface area contributed by atoms with Crippen LogP contribution in [0.2, 0.25) is 5.02 Å². The van der Waals surface area contributed by atoms with Crippen LogP contribution in [0.4, 0.5) is 10.1 Å². The van der Waals surface area contributed by atoms with E-state index in [-0.39, 0.29) is 23.0 Å². The van der Waals surface area contributed by atoms with E-state index in [0.29, 0.717) is 17.1 Å². The zero-order chi connectivity index (χ0) is 27.7. The Balaban J connectivity index is 1.99. The Kier molecular flexibility index (Phi) is 10.3. The standard InChI is InChI=1S/C28H31ClFN3O4S/c1-3-4-18-31-28(35)21(2)32(19-22-10-8-9-13-26(22)29)27(34)20-33(24-16-14-23(30)15-17-24)38(36,37)25-11-6-5-7-12-25/h5-17,21H,3-4,18-20H2,1-2H3,(H,31,35)/t21-/m1/s1. The molecular formula is C28H31ClFN3O4S. The molecule has 7 nitrogen and oxygen atoms in total. The monoisotopic (exact) mass is 559 g/mol. The minimum atomic E-state index is -4.20. The Hall–Kier alpha value is -3.43. The van der Waals surface area contributed by atoms with Crippen molar-refractivity contribution in [3.8, 4) is 0 Å². The number of rotatable bonds is 12. The molecule has 3 aromatic carbocycles. The van der Waals surface area contributed by atoms with E-state index >= 15 is 0 Å². The molecule has 3 aromatic rings. The van der Waals surface area contributed by atoms with E-state index < -0.39 is 34.3 Å². The molecule has 0 aliphatic heterocycles. The summed E-state index contributed by atoms with van der Waals surface area (Å²) in [4.78, 5) is 28.0. The van der Waals surface area contributed by atoms with Crippen molar-refractivity contribution in [1.82, 2.24) is 10.2 Å². The summed E-state index contributed by atoms with van der Waals surface area (Å²) in [6.07, 6.45) is 1.67. The van der Waals surface area contributed by atoms with Crippen molar-refractivity contribution in [3.05, 3.63) is 95.3 Å². The first-order valence-corrected chi connectivity index (χ1v) is 14.1. The molecule has 0 aromatic heterocycles. The molecule has 1 N–H and O–H groups in total. The molecule has 1 atom stereocenters. The molecule has 0 radical (unpaired) electrons. The third-order valence-electron chi connectivity index (χ3n) is 6.02. The Morgan fingerprint density at radius 2 is 1.61 bits per heavy atom. The maximum Gasteiger partial charge on any atom is 0.264 e. The minimum Gasteiger partial charge on any atom is -0.354 e. The second kappa shape index (κ2) is 13.4. The van der Waals surface area contributed by atoms with Crippen molar-refractivity contribution in [3.63, 3.8) is 0 Å². The lowest BCUT2D eigenvalue weighted by Gasteiger charge is -2.32. The average molecular weight is 560 g/mol. The number of sulfonamides is 1. The van der Waals surface area contributed by atoms with Gasteiger partial charge >= 0.3 is 0 Å². The highest BCUT2D eigenvalue weighted by molar-refractivity contribution is 7.92. The van der Waals surface area contributed by atoms with Crippen LogP contribution in [0.1, 0.15) is 32.3 Å². The largest absolute Gasteiger partial charge is 0.354 e. The van der Waals surface area contributed by atoms with Gasteiger partial charge in [-0.1, -0.05) is 61.3 Å². The van der Waals surface area contributed by atoms with Crippen molar-refractivity contribution in [2.45, 2.75) is 44.2 Å². The first kappa shape index (κ1) is 29.1. The van der Waals surface area contributed by atoms with Gasteiger partial charge in [-0.05, 0) is 61.4 Å². The topological polar surface area (TPSA) is 86.8 Å². The van der Waals surface area contributed by atoms with E-state index in [4.69, 9.17) is 11.6 Å². The number of nitrogens with zero attached hydrogens (tertiary/aromatic N) is 2. The zero-order valence-corrected chi connectivity index (χ0v) is 22.9. The number of hydrogen-bond acceptors (Lipinski definition) is 4. The second-order valence-corrected chi connectivity index (χ2v) is 11.0. The highest BCUT2D eigenvalue weighted by Gasteiger charge is 2.32. The number of carbonyl (C=O) groups excluding carboxylic acids is 2. The predicted octanol–water partition coefficient (Wildman–Crippen LogP) is 5.01. The van der Waals surface area contributed by atoms with Gasteiger partial charge in [0.1, 0.15) is 18.4 Å². The molecule has 0 fully saturated rings. The molecule has 0 aliphatic rings. The van der Waals surface area contributed by atoms with E-state index in [0.717, 1.165) is 29.3 Å². The molecule has 3 rings (SSSR count). The van der Waals surface area contributed by atoms with Crippen molar-refractivity contribution < 1.29 is 22.4 Å². The Bertz CT molecular complexity index is 1340. The molecule has 0 aliphatic carbocycles. The van der Waals surface area contributed by atoms with E-state index in [1.807, 2.05) is 6.92 Å². The van der Waals surface area contributed by atoms with E-state index in [1.165, 1.54) is 29.2 Å². The molecule has 0 saturated carbocycles. The van der Waals surface area contributed by atoms with Gasteiger partial charge in [0.15, 0.2) is 0 Å². The summed E-state index contributed by atoms with van der Waals surface area (Å²) in [5.41, 5.74) is 0.719. The van der Waals surface area contributed by atoms with Gasteiger partial charge in [0, 0.05) is 18.1 Å². The van der Waals surface area contributed by atoms with Crippen molar-refractivity contribution in [1.29, 1.82) is 0 Å². The summed E-state index contributed by atoms with van der Waals surface area (Å²) in [6, 6.07) is 18.5. The molecule has 0 heterocycles. The molecule has 0 bridgehead atoms. The average Bonchev–Trinajstić information content (AvgIpc) is 2.92. The van der Waals surface area contributed by atoms with Gasteiger partial charge in [-0.2, -0.15) is 0 Å². The molecule has 2 amide bonds. The van der Waals surface area contributed by atoms with Crippen LogP contribution in [0.5, 0.6) is 0 Å². The van der Waals surface area contributed by atoms with E-state index in [2.05, 4.69) is 5.32 Å². The molecule has 38 heavy (non-hydrogen) atoms. The Labute approximate surface area is 228 Å². The van der Waals surface area contributed by atoms with Crippen molar-refractivity contribution in [2.24, 2.45) is 0 Å². The van der Waals surface area contributed by atoms with Crippen LogP contribution in [0.15, 0.2) is 83.8 Å². The number of unbranched alkanes of at least 4 members (excludes halogenated alkanes) is 1. The molecule has 202 valence electrons. The Morgan fingerprint density at radius 3 is 2.24 bits per heavy atom. The van der Waals surface area contributed by atoms with Crippen LogP contribution in [-0.2, 0) is 26.2 Å². The minimum absolute atomic E-state index is 0.0104. The first-order valence-electron chi connectivity index (χ1n) is 12.3. The van der Waals surface area contributed by atoms with Gasteiger partial charge < -0.3 is 10.2 Å². The number of benzene rings is 3. The lowest BCUT2D eigenvalue weighted by molar-refractivity contribution is -0.139. The fourth-order valence-corrected chi connectivity index (χ4v) is 5.42. The zero-order valence-electron chi connectivity index (χ0n) is 21.3. The lowest BCUT2D eigenvalue weighted by Crippen LogP contribution is -2.51. The number of halogens is 2. The van der Waals surface area contributed by atoms with Crippen molar-refractivity contribution in [2.75, 3.05) is 17.4 Å². The first-order chi connectivity index (χ1) is 18.1. The quantitative estimate of drug-likeness (QED) is 0.316. The highest BCUT2D eigenvalue weighted by Crippen LogP contribution is 2.25. The summed E-state index contributed by atoms with van der Waals surface area (Å²) >= 11 is 6.35. The van der Waals surface area contributed by atoms with Crippen LogP contribution in [-0.4, -0.2) is 44.3 Å². The van der Waals surface area contributed by atoms with E-state index in [9.17, 15) is 22.4 Å². The van der Waals surface area contributed by atoms with Crippen LogP contribution < -0.4 is 9.62 Å². The normalized spacial score (nSPS) is 12.0. The summed E-state index contributed by atoms with van der Waals surface area (Å²) in [5, 5.41) is 3.24. The van der Waals surface area contributed by atoms with Gasteiger partial charge in [-0.15, -0.1) is 0 Å². The van der Waals surface area contributed by atoms with Crippen LogP contribution >= 0.6 is 11.6 Å². The summed E-state index contributed by atoms with van der Waals surface area (Å²) in [6.45, 7) is 3.42. The molecule has 0 saturated heterocycles. The van der Waals surface area contributed by atoms with Gasteiger partial charge in [0.25, 0.3) is 10.0 Å². The summed E-state index contributed by atoms with van der Waals surface area (Å²) < 4.78 is 41.8. The van der Waals surface area contributed by atoms with Gasteiger partial charge in [-0.25, -0.2) is 12.8 Å². The molecular weight excluding hydrogens is 529 g/mol. The van der Waals surface area contributed by atoms with Gasteiger partial charge in [0.05, 0.1) is 10.6 Å². The number of amides is 2. The highest BCUT2D eigenvalue weighted by atomic mass is 35.5.